The summed E-state index contributed by atoms with van der Waals surface area (Å²) in [5.74, 6) is 0.234. The van der Waals surface area contributed by atoms with Gasteiger partial charge in [0.15, 0.2) is 0 Å². The summed E-state index contributed by atoms with van der Waals surface area (Å²) in [4.78, 5) is 29.6. The quantitative estimate of drug-likeness (QED) is 0.802. The van der Waals surface area contributed by atoms with Gasteiger partial charge in [0.1, 0.15) is 12.3 Å². The van der Waals surface area contributed by atoms with E-state index in [9.17, 15) is 9.59 Å². The van der Waals surface area contributed by atoms with Crippen LogP contribution < -0.4 is 10.6 Å². The smallest absolute Gasteiger partial charge is 0.225 e. The lowest BCUT2D eigenvalue weighted by atomic mass is 9.55. The molecule has 0 radical (unpaired) electrons. The van der Waals surface area contributed by atoms with E-state index in [2.05, 4.69) is 34.9 Å². The monoisotopic (exact) mass is 374 g/mol. The fraction of sp³-hybridized carbons (Fsp3) is 0.364. The van der Waals surface area contributed by atoms with E-state index in [1.54, 1.807) is 0 Å². The Morgan fingerprint density at radius 1 is 0.750 bits per heavy atom. The van der Waals surface area contributed by atoms with Crippen LogP contribution in [0.2, 0.25) is 0 Å². The van der Waals surface area contributed by atoms with Crippen molar-refractivity contribution in [1.29, 1.82) is 0 Å². The fourth-order valence-electron chi connectivity index (χ4n) is 6.37. The summed E-state index contributed by atoms with van der Waals surface area (Å²) in [5, 5.41) is 7.22. The molecule has 0 aliphatic carbocycles. The zero-order valence-corrected chi connectivity index (χ0v) is 15.9. The van der Waals surface area contributed by atoms with Gasteiger partial charge in [0.25, 0.3) is 0 Å². The number of benzene rings is 2. The van der Waals surface area contributed by atoms with Crippen molar-refractivity contribution in [1.82, 2.24) is 9.80 Å². The van der Waals surface area contributed by atoms with Crippen molar-refractivity contribution < 1.29 is 9.59 Å². The molecule has 2 fully saturated rings. The lowest BCUT2D eigenvalue weighted by Crippen LogP contribution is -2.60. The average Bonchev–Trinajstić information content (AvgIpc) is 3.36. The van der Waals surface area contributed by atoms with E-state index in [4.69, 9.17) is 0 Å². The first kappa shape index (κ1) is 16.0. The van der Waals surface area contributed by atoms with Crippen LogP contribution in [0, 0.1) is 0 Å². The third-order valence-corrected chi connectivity index (χ3v) is 7.55. The van der Waals surface area contributed by atoms with Crippen molar-refractivity contribution in [2.24, 2.45) is 0 Å². The fourth-order valence-corrected chi connectivity index (χ4v) is 6.37. The van der Waals surface area contributed by atoms with Crippen molar-refractivity contribution in [2.75, 3.05) is 24.7 Å². The molecule has 2 amide bonds. The minimum atomic E-state index is -0.514. The van der Waals surface area contributed by atoms with Gasteiger partial charge in [-0.2, -0.15) is 0 Å². The van der Waals surface area contributed by atoms with Crippen LogP contribution in [0.1, 0.15) is 24.0 Å². The molecule has 0 saturated carbocycles. The second kappa shape index (κ2) is 4.87. The van der Waals surface area contributed by atoms with E-state index in [1.807, 2.05) is 48.2 Å². The van der Waals surface area contributed by atoms with Gasteiger partial charge in [-0.15, -0.1) is 0 Å². The summed E-state index contributed by atoms with van der Waals surface area (Å²) in [6.07, 6.45) is 0.441. The van der Waals surface area contributed by atoms with E-state index in [-0.39, 0.29) is 24.1 Å². The van der Waals surface area contributed by atoms with Crippen LogP contribution in [0.3, 0.4) is 0 Å². The molecule has 0 bridgehead atoms. The number of nitrogens with one attached hydrogen (secondary N) is 2. The maximum absolute atomic E-state index is 13.0. The summed E-state index contributed by atoms with van der Waals surface area (Å²) in [6.45, 7) is 0. The van der Waals surface area contributed by atoms with Crippen LogP contribution in [0.15, 0.2) is 48.5 Å². The Bertz CT molecular complexity index is 969. The first-order chi connectivity index (χ1) is 13.5. The largest absolute Gasteiger partial charge is 0.364 e. The predicted octanol–water partition coefficient (Wildman–Crippen LogP) is 2.09. The molecular formula is C22H22N4O2. The van der Waals surface area contributed by atoms with Gasteiger partial charge in [0, 0.05) is 38.3 Å². The van der Waals surface area contributed by atoms with E-state index in [0.29, 0.717) is 12.8 Å². The van der Waals surface area contributed by atoms with Crippen molar-refractivity contribution >= 4 is 23.2 Å². The third-order valence-electron chi connectivity index (χ3n) is 7.55. The second-order valence-electron chi connectivity index (χ2n) is 8.49. The second-order valence-corrected chi connectivity index (χ2v) is 8.49. The first-order valence-corrected chi connectivity index (χ1v) is 9.74. The number of hydrogen-bond donors (Lipinski definition) is 2. The summed E-state index contributed by atoms with van der Waals surface area (Å²) >= 11 is 0. The molecule has 4 aliphatic heterocycles. The number of anilines is 2. The highest BCUT2D eigenvalue weighted by molar-refractivity contribution is 5.92. The van der Waals surface area contributed by atoms with Gasteiger partial charge in [-0.05, 0) is 23.3 Å². The van der Waals surface area contributed by atoms with Gasteiger partial charge < -0.3 is 20.4 Å². The van der Waals surface area contributed by atoms with Gasteiger partial charge in [-0.25, -0.2) is 0 Å². The van der Waals surface area contributed by atoms with E-state index in [0.717, 1.165) is 22.5 Å². The van der Waals surface area contributed by atoms with E-state index in [1.165, 1.54) is 0 Å². The number of likely N-dealkylation sites (tertiary alicyclic amines) is 2. The number of amides is 2. The molecule has 2 N–H and O–H groups in total. The lowest BCUT2D eigenvalue weighted by Gasteiger charge is -2.47. The van der Waals surface area contributed by atoms with Crippen molar-refractivity contribution in [3.63, 3.8) is 0 Å². The highest BCUT2D eigenvalue weighted by Gasteiger charge is 2.74. The summed E-state index contributed by atoms with van der Waals surface area (Å²) in [7, 11) is 3.74. The topological polar surface area (TPSA) is 64.7 Å². The first-order valence-electron chi connectivity index (χ1n) is 9.74. The molecule has 0 unspecified atom stereocenters. The SMILES string of the molecule is CN1C(=O)C[C@]2([C@]34CC(=O)N(C)[C@H]3Nc3ccccc34)c3ccccc3N[C@H]12. The Hall–Kier alpha value is -3.02. The molecule has 6 nitrogen and oxygen atoms in total. The third kappa shape index (κ3) is 1.50. The molecule has 6 heteroatoms. The van der Waals surface area contributed by atoms with Crippen LogP contribution in [0.5, 0.6) is 0 Å². The minimum Gasteiger partial charge on any atom is -0.364 e. The van der Waals surface area contributed by atoms with E-state index >= 15 is 0 Å². The Labute approximate surface area is 163 Å². The molecule has 2 aromatic carbocycles. The highest BCUT2D eigenvalue weighted by atomic mass is 16.2. The number of rotatable bonds is 1. The molecule has 4 aliphatic rings. The average molecular weight is 374 g/mol. The number of likely N-dealkylation sites (N-methyl/N-ethyl adjacent to an activating group) is 2. The molecule has 0 aromatic heterocycles. The number of carbonyl (C=O) groups excluding carboxylic acids is 2. The normalized spacial score (nSPS) is 34.6. The summed E-state index contributed by atoms with van der Waals surface area (Å²) < 4.78 is 0. The molecule has 2 saturated heterocycles. The number of hydrogen-bond acceptors (Lipinski definition) is 4. The van der Waals surface area contributed by atoms with Crippen molar-refractivity contribution in [2.45, 2.75) is 36.0 Å². The summed E-state index contributed by atoms with van der Waals surface area (Å²) in [5.41, 5.74) is 3.38. The van der Waals surface area contributed by atoms with Crippen LogP contribution >= 0.6 is 0 Å². The number of nitrogens with zero attached hydrogens (tertiary/aromatic N) is 2. The zero-order valence-electron chi connectivity index (χ0n) is 15.9. The van der Waals surface area contributed by atoms with Gasteiger partial charge >= 0.3 is 0 Å². The molecular weight excluding hydrogens is 352 g/mol. The van der Waals surface area contributed by atoms with Gasteiger partial charge in [-0.1, -0.05) is 36.4 Å². The Balaban J connectivity index is 1.71. The van der Waals surface area contributed by atoms with Crippen molar-refractivity contribution in [3.8, 4) is 0 Å². The highest BCUT2D eigenvalue weighted by Crippen LogP contribution is 2.66. The molecule has 4 heterocycles. The molecule has 4 atom stereocenters. The molecule has 142 valence electrons. The van der Waals surface area contributed by atoms with Gasteiger partial charge in [0.2, 0.25) is 11.8 Å². The summed E-state index contributed by atoms with van der Waals surface area (Å²) in [6, 6.07) is 16.5. The Morgan fingerprint density at radius 3 is 1.57 bits per heavy atom. The Morgan fingerprint density at radius 2 is 1.14 bits per heavy atom. The predicted molar refractivity (Wildman–Crippen MR) is 106 cm³/mol. The van der Waals surface area contributed by atoms with Crippen LogP contribution in [-0.4, -0.2) is 48.0 Å². The maximum Gasteiger partial charge on any atom is 0.225 e. The molecule has 0 spiro atoms. The van der Waals surface area contributed by atoms with E-state index < -0.39 is 10.8 Å². The lowest BCUT2D eigenvalue weighted by molar-refractivity contribution is -0.128. The van der Waals surface area contributed by atoms with Crippen LogP contribution in [0.4, 0.5) is 11.4 Å². The molecule has 28 heavy (non-hydrogen) atoms. The van der Waals surface area contributed by atoms with Crippen LogP contribution in [-0.2, 0) is 20.4 Å². The van der Waals surface area contributed by atoms with Gasteiger partial charge in [-0.3, -0.25) is 9.59 Å². The molecule has 2 aromatic rings. The minimum absolute atomic E-state index is 0.117. The molecule has 6 rings (SSSR count). The van der Waals surface area contributed by atoms with Crippen molar-refractivity contribution in [3.05, 3.63) is 59.7 Å². The number of para-hydroxylation sites is 2. The zero-order chi connectivity index (χ0) is 19.3. The van der Waals surface area contributed by atoms with Crippen LogP contribution in [0.25, 0.3) is 0 Å². The number of carbonyl (C=O) groups is 2. The standard InChI is InChI=1S/C22H22N4O2/c1-25-17(27)11-21(13-7-3-5-9-15(13)23-19(21)25)22-12-18(28)26(2)20(22)24-16-10-6-4-8-14(16)22/h3-10,19-20,23-24H,11-12H2,1-2H3/t19-,20-,21+,22+/m1/s1. The Kier molecular flexibility index (Phi) is 2.78. The van der Waals surface area contributed by atoms with Gasteiger partial charge in [0.05, 0.1) is 10.8 Å². The number of fused-ring (bicyclic) bond motifs is 7. The maximum atomic E-state index is 13.0.